The lowest BCUT2D eigenvalue weighted by atomic mass is 10.2. The Morgan fingerprint density at radius 1 is 1.35 bits per heavy atom. The first kappa shape index (κ1) is 14.6. The van der Waals surface area contributed by atoms with Crippen LogP contribution in [-0.2, 0) is 6.54 Å². The fourth-order valence-electron chi connectivity index (χ4n) is 1.79. The van der Waals surface area contributed by atoms with Gasteiger partial charge in [-0.05, 0) is 24.3 Å². The molecule has 2 nitrogen and oxygen atoms in total. The minimum Gasteiger partial charge on any atom is -0.395 e. The third kappa shape index (κ3) is 4.09. The Morgan fingerprint density at radius 2 is 2.20 bits per heavy atom. The van der Waals surface area contributed by atoms with Gasteiger partial charge in [0.2, 0.25) is 0 Å². The van der Waals surface area contributed by atoms with Crippen LogP contribution in [0.5, 0.6) is 0 Å². The number of halogens is 1. The fraction of sp³-hybridized carbons (Fsp3) is 0.250. The van der Waals surface area contributed by atoms with Crippen LogP contribution in [0, 0.1) is 17.7 Å². The smallest absolute Gasteiger partial charge is 0.125 e. The van der Waals surface area contributed by atoms with Crippen LogP contribution in [0.4, 0.5) is 10.1 Å². The number of thiophene rings is 1. The molecule has 0 fully saturated rings. The maximum absolute atomic E-state index is 13.2. The molecule has 2 rings (SSSR count). The summed E-state index contributed by atoms with van der Waals surface area (Å²) in [5, 5.41) is 10.7. The molecule has 0 spiro atoms. The highest BCUT2D eigenvalue weighted by Crippen LogP contribution is 2.20. The van der Waals surface area contributed by atoms with Crippen molar-refractivity contribution >= 4 is 17.0 Å². The lowest BCUT2D eigenvalue weighted by molar-refractivity contribution is 0.305. The Bertz CT molecular complexity index is 627. The topological polar surface area (TPSA) is 23.5 Å². The molecule has 1 N–H and O–H groups in total. The van der Waals surface area contributed by atoms with Crippen molar-refractivity contribution in [3.8, 4) is 11.8 Å². The third-order valence-electron chi connectivity index (χ3n) is 2.77. The molecule has 0 aliphatic carbocycles. The molecule has 0 amide bonds. The van der Waals surface area contributed by atoms with Gasteiger partial charge in [-0.25, -0.2) is 4.39 Å². The van der Waals surface area contributed by atoms with E-state index in [1.165, 1.54) is 17.0 Å². The van der Waals surface area contributed by atoms with Gasteiger partial charge >= 0.3 is 0 Å². The van der Waals surface area contributed by atoms with Gasteiger partial charge in [0.05, 0.1) is 13.2 Å². The molecule has 2 aromatic rings. The van der Waals surface area contributed by atoms with Crippen LogP contribution in [0.1, 0.15) is 16.9 Å². The molecule has 20 heavy (non-hydrogen) atoms. The van der Waals surface area contributed by atoms with Crippen LogP contribution in [0.15, 0.2) is 35.7 Å². The number of nitrogens with zero attached hydrogens (tertiary/aromatic N) is 1. The van der Waals surface area contributed by atoms with Gasteiger partial charge in [-0.3, -0.25) is 0 Å². The summed E-state index contributed by atoms with van der Waals surface area (Å²) in [7, 11) is 1.94. The fourth-order valence-corrected chi connectivity index (χ4v) is 2.66. The van der Waals surface area contributed by atoms with Gasteiger partial charge < -0.3 is 10.0 Å². The van der Waals surface area contributed by atoms with Crippen LogP contribution >= 0.6 is 11.3 Å². The molecular formula is C16H16FNOS. The maximum atomic E-state index is 13.2. The van der Waals surface area contributed by atoms with E-state index in [4.69, 9.17) is 5.11 Å². The van der Waals surface area contributed by atoms with E-state index in [1.807, 2.05) is 29.5 Å². The summed E-state index contributed by atoms with van der Waals surface area (Å²) in [4.78, 5) is 3.17. The number of anilines is 1. The number of rotatable bonds is 4. The second kappa shape index (κ2) is 7.09. The largest absolute Gasteiger partial charge is 0.395 e. The SMILES string of the molecule is CN(Cc1cc(C#CCCO)cs1)c1cccc(F)c1. The van der Waals surface area contributed by atoms with Crippen LogP contribution in [0.2, 0.25) is 0 Å². The molecule has 1 heterocycles. The molecule has 1 aromatic carbocycles. The van der Waals surface area contributed by atoms with Gasteiger partial charge in [-0.2, -0.15) is 0 Å². The molecule has 0 unspecified atom stereocenters. The number of benzene rings is 1. The first-order valence-corrected chi connectivity index (χ1v) is 7.21. The highest BCUT2D eigenvalue weighted by Gasteiger charge is 2.05. The van der Waals surface area contributed by atoms with Crippen molar-refractivity contribution in [1.29, 1.82) is 0 Å². The van der Waals surface area contributed by atoms with Crippen molar-refractivity contribution < 1.29 is 9.50 Å². The van der Waals surface area contributed by atoms with Gasteiger partial charge in [0.15, 0.2) is 0 Å². The molecule has 0 radical (unpaired) electrons. The molecule has 1 aromatic heterocycles. The van der Waals surface area contributed by atoms with Crippen molar-refractivity contribution in [2.24, 2.45) is 0 Å². The molecule has 0 saturated carbocycles. The summed E-state index contributed by atoms with van der Waals surface area (Å²) >= 11 is 1.63. The standard InChI is InChI=1S/C16H16FNOS/c1-18(15-7-4-6-14(17)10-15)11-16-9-13(12-20-16)5-2-3-8-19/h4,6-7,9-10,12,19H,3,8,11H2,1H3. The highest BCUT2D eigenvalue weighted by atomic mass is 32.1. The van der Waals surface area contributed by atoms with E-state index in [9.17, 15) is 4.39 Å². The Kier molecular flexibility index (Phi) is 5.16. The molecule has 4 heteroatoms. The van der Waals surface area contributed by atoms with Gasteiger partial charge in [-0.15, -0.1) is 11.3 Å². The lowest BCUT2D eigenvalue weighted by Crippen LogP contribution is -2.15. The lowest BCUT2D eigenvalue weighted by Gasteiger charge is -2.18. The van der Waals surface area contributed by atoms with E-state index in [0.717, 1.165) is 17.8 Å². The quantitative estimate of drug-likeness (QED) is 0.873. The van der Waals surface area contributed by atoms with E-state index in [2.05, 4.69) is 11.8 Å². The highest BCUT2D eigenvalue weighted by molar-refractivity contribution is 7.10. The zero-order chi connectivity index (χ0) is 14.4. The van der Waals surface area contributed by atoms with Crippen LogP contribution < -0.4 is 4.90 Å². The van der Waals surface area contributed by atoms with Crippen molar-refractivity contribution in [3.63, 3.8) is 0 Å². The number of hydrogen-bond acceptors (Lipinski definition) is 3. The zero-order valence-electron chi connectivity index (χ0n) is 11.3. The second-order valence-electron chi connectivity index (χ2n) is 4.41. The summed E-state index contributed by atoms with van der Waals surface area (Å²) in [6, 6.07) is 8.60. The average Bonchev–Trinajstić information content (AvgIpc) is 2.86. The van der Waals surface area contributed by atoms with Crippen molar-refractivity contribution in [1.82, 2.24) is 0 Å². The van der Waals surface area contributed by atoms with Crippen molar-refractivity contribution in [2.45, 2.75) is 13.0 Å². The summed E-state index contributed by atoms with van der Waals surface area (Å²) < 4.78 is 13.2. The van der Waals surface area contributed by atoms with E-state index in [1.54, 1.807) is 17.4 Å². The zero-order valence-corrected chi connectivity index (χ0v) is 12.1. The Balaban J connectivity index is 2.02. The average molecular weight is 289 g/mol. The summed E-state index contributed by atoms with van der Waals surface area (Å²) in [5.74, 6) is 5.68. The molecule has 0 aliphatic rings. The normalized spacial score (nSPS) is 9.95. The van der Waals surface area contributed by atoms with Gasteiger partial charge in [0, 0.05) is 35.0 Å². The van der Waals surface area contributed by atoms with E-state index in [0.29, 0.717) is 6.42 Å². The molecule has 0 bridgehead atoms. The molecule has 0 saturated heterocycles. The molecule has 104 valence electrons. The number of hydrogen-bond donors (Lipinski definition) is 1. The van der Waals surface area contributed by atoms with Crippen molar-refractivity contribution in [3.05, 3.63) is 52.0 Å². The second-order valence-corrected chi connectivity index (χ2v) is 5.41. The van der Waals surface area contributed by atoms with Crippen LogP contribution in [0.3, 0.4) is 0 Å². The predicted octanol–water partition coefficient (Wildman–Crippen LogP) is 3.26. The van der Waals surface area contributed by atoms with Crippen LogP contribution in [0.25, 0.3) is 0 Å². The minimum atomic E-state index is -0.226. The molecule has 0 aliphatic heterocycles. The minimum absolute atomic E-state index is 0.0896. The summed E-state index contributed by atoms with van der Waals surface area (Å²) in [6.07, 6.45) is 0.494. The third-order valence-corrected chi connectivity index (χ3v) is 3.69. The Hall–Kier alpha value is -1.83. The van der Waals surface area contributed by atoms with Crippen molar-refractivity contribution in [2.75, 3.05) is 18.6 Å². The number of aliphatic hydroxyl groups excluding tert-OH is 1. The van der Waals surface area contributed by atoms with Crippen LogP contribution in [-0.4, -0.2) is 18.8 Å². The van der Waals surface area contributed by atoms with E-state index in [-0.39, 0.29) is 12.4 Å². The molecule has 0 atom stereocenters. The maximum Gasteiger partial charge on any atom is 0.125 e. The number of aliphatic hydroxyl groups is 1. The monoisotopic (exact) mass is 289 g/mol. The van der Waals surface area contributed by atoms with Gasteiger partial charge in [-0.1, -0.05) is 17.9 Å². The van der Waals surface area contributed by atoms with Gasteiger partial charge in [0.1, 0.15) is 5.82 Å². The van der Waals surface area contributed by atoms with E-state index >= 15 is 0 Å². The molecular weight excluding hydrogens is 273 g/mol. The van der Waals surface area contributed by atoms with E-state index < -0.39 is 0 Å². The predicted molar refractivity (Wildman–Crippen MR) is 81.4 cm³/mol. The first-order chi connectivity index (χ1) is 9.69. The van der Waals surface area contributed by atoms with Gasteiger partial charge in [0.25, 0.3) is 0 Å². The summed E-state index contributed by atoms with van der Waals surface area (Å²) in [6.45, 7) is 0.808. The summed E-state index contributed by atoms with van der Waals surface area (Å²) in [5.41, 5.74) is 1.82. The Labute approximate surface area is 122 Å². The Morgan fingerprint density at radius 3 is 2.95 bits per heavy atom. The first-order valence-electron chi connectivity index (χ1n) is 6.33.